The number of aliphatic hydroxyl groups excluding tert-OH is 1. The molecule has 23 heavy (non-hydrogen) atoms. The van der Waals surface area contributed by atoms with Gasteiger partial charge in [0.15, 0.2) is 11.0 Å². The lowest BCUT2D eigenvalue weighted by Crippen LogP contribution is -2.00. The molecule has 0 spiro atoms. The second kappa shape index (κ2) is 7.51. The molecule has 0 aliphatic carbocycles. The van der Waals surface area contributed by atoms with E-state index in [1.807, 2.05) is 0 Å². The van der Waals surface area contributed by atoms with Crippen LogP contribution in [0.25, 0.3) is 0 Å². The molecule has 0 radical (unpaired) electrons. The van der Waals surface area contributed by atoms with Gasteiger partial charge in [0.25, 0.3) is 0 Å². The molecular weight excluding hydrogens is 386 g/mol. The third-order valence-electron chi connectivity index (χ3n) is 2.88. The molecular formula is C13H10Cl4N4O2. The van der Waals surface area contributed by atoms with Crippen molar-refractivity contribution in [2.45, 2.75) is 13.5 Å². The third-order valence-corrected chi connectivity index (χ3v) is 4.55. The molecule has 2 rings (SSSR count). The van der Waals surface area contributed by atoms with Gasteiger partial charge in [0.1, 0.15) is 10.8 Å². The molecule has 0 amide bonds. The van der Waals surface area contributed by atoms with Gasteiger partial charge in [0.2, 0.25) is 0 Å². The van der Waals surface area contributed by atoms with E-state index in [0.717, 1.165) is 0 Å². The van der Waals surface area contributed by atoms with E-state index in [1.54, 1.807) is 6.92 Å². The Labute approximate surface area is 151 Å². The predicted molar refractivity (Wildman–Crippen MR) is 92.1 cm³/mol. The van der Waals surface area contributed by atoms with Gasteiger partial charge in [-0.3, -0.25) is 10.4 Å². The lowest BCUT2D eigenvalue weighted by molar-refractivity contribution is 0.280. The first-order valence-electron chi connectivity index (χ1n) is 6.14. The average molecular weight is 396 g/mol. The van der Waals surface area contributed by atoms with E-state index in [1.165, 1.54) is 12.4 Å². The van der Waals surface area contributed by atoms with Crippen molar-refractivity contribution in [2.24, 2.45) is 5.10 Å². The molecule has 2 heterocycles. The zero-order valence-electron chi connectivity index (χ0n) is 11.6. The number of anilines is 1. The summed E-state index contributed by atoms with van der Waals surface area (Å²) in [6.07, 6.45) is 2.74. The molecule has 0 saturated carbocycles. The maximum Gasteiger partial charge on any atom is 0.168 e. The van der Waals surface area contributed by atoms with Gasteiger partial charge in [-0.25, -0.2) is 4.98 Å². The molecule has 0 saturated heterocycles. The molecule has 6 nitrogen and oxygen atoms in total. The van der Waals surface area contributed by atoms with Crippen molar-refractivity contribution < 1.29 is 10.2 Å². The number of pyridine rings is 2. The van der Waals surface area contributed by atoms with E-state index >= 15 is 0 Å². The van der Waals surface area contributed by atoms with Gasteiger partial charge in [-0.05, 0) is 6.92 Å². The number of hydrogen-bond donors (Lipinski definition) is 3. The molecule has 122 valence electrons. The molecule has 0 aromatic carbocycles. The van der Waals surface area contributed by atoms with E-state index in [9.17, 15) is 10.2 Å². The Hall–Kier alpha value is -1.31. The SMILES string of the molecule is Cc1ncc(CO)c(/C=N/Nc2nc(Cl)c(Cl)c(Cl)c2Cl)c1O. The number of rotatable bonds is 4. The number of hydrogen-bond acceptors (Lipinski definition) is 6. The number of nitrogens with one attached hydrogen (secondary N) is 1. The average Bonchev–Trinajstić information content (AvgIpc) is 2.54. The molecule has 2 aromatic heterocycles. The molecule has 10 heteroatoms. The Morgan fingerprint density at radius 1 is 1.22 bits per heavy atom. The van der Waals surface area contributed by atoms with E-state index in [0.29, 0.717) is 16.8 Å². The van der Waals surface area contributed by atoms with Crippen LogP contribution in [-0.4, -0.2) is 26.4 Å². The number of hydrazone groups is 1. The number of aliphatic hydroxyl groups is 1. The molecule has 3 N–H and O–H groups in total. The first-order valence-corrected chi connectivity index (χ1v) is 7.65. The Bertz CT molecular complexity index is 783. The Morgan fingerprint density at radius 3 is 2.57 bits per heavy atom. The van der Waals surface area contributed by atoms with E-state index < -0.39 is 0 Å². The maximum atomic E-state index is 9.99. The van der Waals surface area contributed by atoms with Crippen LogP contribution in [0, 0.1) is 6.92 Å². The number of halogens is 4. The van der Waals surface area contributed by atoms with Gasteiger partial charge in [-0.1, -0.05) is 46.4 Å². The first-order chi connectivity index (χ1) is 10.9. The normalized spacial score (nSPS) is 11.2. The standard InChI is InChI=1S/C13H10Cl4N4O2/c1-5-11(23)7(6(4-22)2-18-5)3-19-21-13-10(16)8(14)9(15)12(17)20-13/h2-3,22-23H,4H2,1H3,(H,20,21)/b19-3+. The third kappa shape index (κ3) is 3.79. The van der Waals surface area contributed by atoms with Crippen LogP contribution in [-0.2, 0) is 6.61 Å². The highest BCUT2D eigenvalue weighted by atomic mass is 35.5. The Kier molecular flexibility index (Phi) is 5.89. The van der Waals surface area contributed by atoms with Crippen LogP contribution in [0.15, 0.2) is 11.3 Å². The maximum absolute atomic E-state index is 9.99. The molecule has 0 aliphatic rings. The highest BCUT2D eigenvalue weighted by Crippen LogP contribution is 2.38. The molecule has 0 aliphatic heterocycles. The molecule has 2 aromatic rings. The largest absolute Gasteiger partial charge is 0.505 e. The summed E-state index contributed by atoms with van der Waals surface area (Å²) in [6, 6.07) is 0. The fourth-order valence-electron chi connectivity index (χ4n) is 1.64. The second-order valence-electron chi connectivity index (χ2n) is 4.35. The van der Waals surface area contributed by atoms with Gasteiger partial charge in [-0.15, -0.1) is 0 Å². The second-order valence-corrected chi connectivity index (χ2v) is 5.84. The van der Waals surface area contributed by atoms with Gasteiger partial charge in [-0.2, -0.15) is 5.10 Å². The van der Waals surface area contributed by atoms with Crippen LogP contribution in [0.2, 0.25) is 20.2 Å². The summed E-state index contributed by atoms with van der Waals surface area (Å²) in [5, 5.41) is 23.3. The number of nitrogens with zero attached hydrogens (tertiary/aromatic N) is 3. The summed E-state index contributed by atoms with van der Waals surface area (Å²) in [7, 11) is 0. The lowest BCUT2D eigenvalue weighted by Gasteiger charge is -2.08. The van der Waals surface area contributed by atoms with Crippen LogP contribution in [0.1, 0.15) is 16.8 Å². The minimum absolute atomic E-state index is 0.0302. The summed E-state index contributed by atoms with van der Waals surface area (Å²) in [6.45, 7) is 1.32. The zero-order valence-corrected chi connectivity index (χ0v) is 14.6. The van der Waals surface area contributed by atoms with Crippen LogP contribution in [0.5, 0.6) is 5.75 Å². The van der Waals surface area contributed by atoms with Crippen molar-refractivity contribution in [1.29, 1.82) is 0 Å². The van der Waals surface area contributed by atoms with E-state index in [4.69, 9.17) is 46.4 Å². The smallest absolute Gasteiger partial charge is 0.168 e. The van der Waals surface area contributed by atoms with Crippen molar-refractivity contribution in [2.75, 3.05) is 5.43 Å². The number of aromatic hydroxyl groups is 1. The molecule has 0 unspecified atom stereocenters. The molecule has 0 atom stereocenters. The van der Waals surface area contributed by atoms with Crippen molar-refractivity contribution in [1.82, 2.24) is 9.97 Å². The van der Waals surface area contributed by atoms with Crippen LogP contribution < -0.4 is 5.43 Å². The lowest BCUT2D eigenvalue weighted by atomic mass is 10.1. The summed E-state index contributed by atoms with van der Waals surface area (Å²) in [5.74, 6) is 0.00598. The van der Waals surface area contributed by atoms with E-state index in [-0.39, 0.29) is 38.4 Å². The summed E-state index contributed by atoms with van der Waals surface area (Å²) in [5.41, 5.74) is 3.68. The van der Waals surface area contributed by atoms with Gasteiger partial charge in [0, 0.05) is 17.3 Å². The quantitative estimate of drug-likeness (QED) is 0.412. The summed E-state index contributed by atoms with van der Waals surface area (Å²) >= 11 is 23.5. The fraction of sp³-hybridized carbons (Fsp3) is 0.154. The molecule has 0 bridgehead atoms. The summed E-state index contributed by atoms with van der Waals surface area (Å²) in [4.78, 5) is 7.86. The van der Waals surface area contributed by atoms with Crippen LogP contribution in [0.3, 0.4) is 0 Å². The van der Waals surface area contributed by atoms with Gasteiger partial charge in [0.05, 0.1) is 28.6 Å². The van der Waals surface area contributed by atoms with Crippen LogP contribution >= 0.6 is 46.4 Å². The monoisotopic (exact) mass is 394 g/mol. The first kappa shape index (κ1) is 18.0. The van der Waals surface area contributed by atoms with E-state index in [2.05, 4.69) is 20.5 Å². The minimum atomic E-state index is -0.306. The number of aromatic nitrogens is 2. The predicted octanol–water partition coefficient (Wildman–Crippen LogP) is 4.04. The Morgan fingerprint density at radius 2 is 1.91 bits per heavy atom. The number of aryl methyl sites for hydroxylation is 1. The minimum Gasteiger partial charge on any atom is -0.505 e. The van der Waals surface area contributed by atoms with Crippen molar-refractivity contribution in [3.8, 4) is 5.75 Å². The highest BCUT2D eigenvalue weighted by molar-refractivity contribution is 6.52. The van der Waals surface area contributed by atoms with Crippen molar-refractivity contribution >= 4 is 58.4 Å². The Balaban J connectivity index is 2.32. The molecule has 0 fully saturated rings. The van der Waals surface area contributed by atoms with Crippen LogP contribution in [0.4, 0.5) is 5.82 Å². The fourth-order valence-corrected chi connectivity index (χ4v) is 2.41. The van der Waals surface area contributed by atoms with Gasteiger partial charge < -0.3 is 10.2 Å². The van der Waals surface area contributed by atoms with Crippen molar-refractivity contribution in [3.05, 3.63) is 43.2 Å². The topological polar surface area (TPSA) is 90.6 Å². The van der Waals surface area contributed by atoms with Crippen molar-refractivity contribution in [3.63, 3.8) is 0 Å². The summed E-state index contributed by atoms with van der Waals surface area (Å²) < 4.78 is 0. The highest BCUT2D eigenvalue weighted by Gasteiger charge is 2.15. The zero-order chi connectivity index (χ0) is 17.1. The van der Waals surface area contributed by atoms with Gasteiger partial charge >= 0.3 is 0 Å².